The van der Waals surface area contributed by atoms with Crippen molar-refractivity contribution in [3.8, 4) is 0 Å². The van der Waals surface area contributed by atoms with Gasteiger partial charge in [0, 0.05) is 21.0 Å². The molecule has 1 aromatic heterocycles. The number of halogens is 2. The Balaban J connectivity index is 1.60. The third-order valence-corrected chi connectivity index (χ3v) is 6.56. The average molecular weight is 500 g/mol. The number of carbonyl (C=O) groups excluding carboxylic acids is 1. The number of hydrogen-bond acceptors (Lipinski definition) is 4. The number of sulfonamides is 1. The molecule has 0 saturated heterocycles. The lowest BCUT2D eigenvalue weighted by atomic mass is 10.1. The van der Waals surface area contributed by atoms with E-state index in [1.54, 1.807) is 59.3 Å². The molecule has 1 N–H and O–H groups in total. The summed E-state index contributed by atoms with van der Waals surface area (Å²) in [5.41, 5.74) is 3.18. The molecule has 0 aliphatic heterocycles. The van der Waals surface area contributed by atoms with Gasteiger partial charge in [-0.2, -0.15) is 5.10 Å². The number of amides is 1. The molecule has 0 unspecified atom stereocenters. The molecule has 3 aromatic carbocycles. The van der Waals surface area contributed by atoms with Crippen molar-refractivity contribution in [3.63, 3.8) is 0 Å². The summed E-state index contributed by atoms with van der Waals surface area (Å²) in [4.78, 5) is 12.7. The van der Waals surface area contributed by atoms with Gasteiger partial charge in [0.2, 0.25) is 0 Å². The van der Waals surface area contributed by atoms with Crippen LogP contribution in [0, 0.1) is 6.92 Å². The zero-order valence-corrected chi connectivity index (χ0v) is 19.8. The van der Waals surface area contributed by atoms with Crippen LogP contribution in [0.5, 0.6) is 0 Å². The second kappa shape index (κ2) is 9.39. The van der Waals surface area contributed by atoms with E-state index in [9.17, 15) is 13.2 Å². The third-order valence-electron chi connectivity index (χ3n) is 5.01. The van der Waals surface area contributed by atoms with Crippen LogP contribution in [0.1, 0.15) is 27.2 Å². The maximum atomic E-state index is 12.7. The zero-order valence-electron chi connectivity index (χ0n) is 17.5. The van der Waals surface area contributed by atoms with Crippen LogP contribution in [0.15, 0.2) is 72.1 Å². The van der Waals surface area contributed by atoms with E-state index < -0.39 is 15.9 Å². The fourth-order valence-corrected chi connectivity index (χ4v) is 4.62. The summed E-state index contributed by atoms with van der Waals surface area (Å²) in [6, 6.07) is 19.1. The van der Waals surface area contributed by atoms with Gasteiger partial charge >= 0.3 is 0 Å². The number of fused-ring (bicyclic) bond motifs is 1. The summed E-state index contributed by atoms with van der Waals surface area (Å²) in [5.74, 6) is -0.732. The Morgan fingerprint density at radius 1 is 1.06 bits per heavy atom. The molecule has 4 rings (SSSR count). The van der Waals surface area contributed by atoms with E-state index in [1.165, 1.54) is 6.08 Å². The minimum absolute atomic E-state index is 0.197. The largest absolute Gasteiger partial charge is 0.268 e. The third kappa shape index (κ3) is 5.45. The smallest absolute Gasteiger partial charge is 0.265 e. The number of carbonyl (C=O) groups is 1. The number of rotatable bonds is 6. The van der Waals surface area contributed by atoms with Gasteiger partial charge < -0.3 is 0 Å². The van der Waals surface area contributed by atoms with Crippen LogP contribution in [-0.2, 0) is 16.6 Å². The first-order valence-electron chi connectivity index (χ1n) is 9.93. The summed E-state index contributed by atoms with van der Waals surface area (Å²) in [5, 5.41) is 7.41. The normalized spacial score (nSPS) is 11.8. The van der Waals surface area contributed by atoms with E-state index in [-0.39, 0.29) is 5.56 Å². The van der Waals surface area contributed by atoms with Crippen LogP contribution in [0.3, 0.4) is 0 Å². The molecule has 9 heteroatoms. The Kier molecular flexibility index (Phi) is 6.56. The molecule has 0 atom stereocenters. The zero-order chi connectivity index (χ0) is 23.6. The van der Waals surface area contributed by atoms with Gasteiger partial charge in [0.25, 0.3) is 15.9 Å². The molecule has 0 fully saturated rings. The number of aryl methyl sites for hydroxylation is 1. The van der Waals surface area contributed by atoms with Crippen LogP contribution in [0.25, 0.3) is 17.0 Å². The van der Waals surface area contributed by atoms with Gasteiger partial charge in [-0.3, -0.25) is 9.48 Å². The molecule has 0 radical (unpaired) electrons. The predicted molar refractivity (Wildman–Crippen MR) is 132 cm³/mol. The summed E-state index contributed by atoms with van der Waals surface area (Å²) in [6.45, 7) is 2.23. The van der Waals surface area contributed by atoms with E-state index in [2.05, 4.69) is 9.82 Å². The van der Waals surface area contributed by atoms with Gasteiger partial charge in [-0.05, 0) is 48.4 Å². The topological polar surface area (TPSA) is 81.1 Å². The Bertz CT molecular complexity index is 1480. The van der Waals surface area contributed by atoms with E-state index in [0.29, 0.717) is 27.7 Å². The molecule has 4 aromatic rings. The summed E-state index contributed by atoms with van der Waals surface area (Å²) >= 11 is 12.3. The standard InChI is InChI=1S/C24H19Cl2N3O3S/c1-16-21-10-8-18(24(30)28-33(31,32)12-11-17-5-3-2-4-6-17)13-23(21)29(27-16)15-19-7-9-20(25)14-22(19)26/h2-14H,15H2,1H3,(H,28,30). The van der Waals surface area contributed by atoms with E-state index in [1.807, 2.05) is 19.1 Å². The van der Waals surface area contributed by atoms with Crippen molar-refractivity contribution >= 4 is 56.1 Å². The maximum absolute atomic E-state index is 12.7. The molecule has 168 valence electrons. The van der Waals surface area contributed by atoms with Gasteiger partial charge in [-0.15, -0.1) is 0 Å². The molecule has 6 nitrogen and oxygen atoms in total. The monoisotopic (exact) mass is 499 g/mol. The Morgan fingerprint density at radius 3 is 2.55 bits per heavy atom. The van der Waals surface area contributed by atoms with Gasteiger partial charge in [0.15, 0.2) is 0 Å². The Hall–Kier alpha value is -3.13. The molecular weight excluding hydrogens is 481 g/mol. The van der Waals surface area contributed by atoms with Crippen molar-refractivity contribution in [3.05, 3.63) is 105 Å². The molecule has 0 aliphatic rings. The highest BCUT2D eigenvalue weighted by molar-refractivity contribution is 7.93. The first-order chi connectivity index (χ1) is 15.7. The van der Waals surface area contributed by atoms with Crippen molar-refractivity contribution < 1.29 is 13.2 Å². The lowest BCUT2D eigenvalue weighted by molar-refractivity contribution is 0.0982. The van der Waals surface area contributed by atoms with Crippen molar-refractivity contribution in [2.75, 3.05) is 0 Å². The summed E-state index contributed by atoms with van der Waals surface area (Å²) in [7, 11) is -3.98. The molecule has 0 aliphatic carbocycles. The second-order valence-corrected chi connectivity index (χ2v) is 9.81. The van der Waals surface area contributed by atoms with Gasteiger partial charge in [-0.25, -0.2) is 13.1 Å². The van der Waals surface area contributed by atoms with Crippen LogP contribution in [0.2, 0.25) is 10.0 Å². The van der Waals surface area contributed by atoms with Crippen molar-refractivity contribution in [2.24, 2.45) is 0 Å². The Labute approximate surface area is 201 Å². The highest BCUT2D eigenvalue weighted by Crippen LogP contribution is 2.25. The molecule has 1 amide bonds. The molecule has 0 saturated carbocycles. The van der Waals surface area contributed by atoms with E-state index >= 15 is 0 Å². The van der Waals surface area contributed by atoms with E-state index in [0.717, 1.165) is 22.1 Å². The number of benzene rings is 3. The van der Waals surface area contributed by atoms with Crippen molar-refractivity contribution in [2.45, 2.75) is 13.5 Å². The fourth-order valence-electron chi connectivity index (χ4n) is 3.37. The number of nitrogens with one attached hydrogen (secondary N) is 1. The van der Waals surface area contributed by atoms with Gasteiger partial charge in [0.1, 0.15) is 0 Å². The lowest BCUT2D eigenvalue weighted by Crippen LogP contribution is -2.28. The highest BCUT2D eigenvalue weighted by atomic mass is 35.5. The summed E-state index contributed by atoms with van der Waals surface area (Å²) in [6.07, 6.45) is 1.42. The molecule has 0 spiro atoms. The van der Waals surface area contributed by atoms with Crippen LogP contribution in [0.4, 0.5) is 0 Å². The minimum atomic E-state index is -3.98. The number of hydrogen-bond donors (Lipinski definition) is 1. The van der Waals surface area contributed by atoms with Gasteiger partial charge in [0.05, 0.1) is 23.2 Å². The highest BCUT2D eigenvalue weighted by Gasteiger charge is 2.16. The first-order valence-corrected chi connectivity index (χ1v) is 12.2. The lowest BCUT2D eigenvalue weighted by Gasteiger charge is -2.08. The SMILES string of the molecule is Cc1nn(Cc2ccc(Cl)cc2Cl)c2cc(C(=O)NS(=O)(=O)C=Cc3ccccc3)ccc12. The minimum Gasteiger partial charge on any atom is -0.268 e. The molecule has 0 bridgehead atoms. The maximum Gasteiger partial charge on any atom is 0.265 e. The fraction of sp³-hybridized carbons (Fsp3) is 0.0833. The van der Waals surface area contributed by atoms with Crippen LogP contribution >= 0.6 is 23.2 Å². The van der Waals surface area contributed by atoms with Crippen molar-refractivity contribution in [1.82, 2.24) is 14.5 Å². The quantitative estimate of drug-likeness (QED) is 0.383. The van der Waals surface area contributed by atoms with Crippen molar-refractivity contribution in [1.29, 1.82) is 0 Å². The average Bonchev–Trinajstić information content (AvgIpc) is 3.09. The molecule has 1 heterocycles. The van der Waals surface area contributed by atoms with Gasteiger partial charge in [-0.1, -0.05) is 65.7 Å². The second-order valence-electron chi connectivity index (χ2n) is 7.40. The Morgan fingerprint density at radius 2 is 1.82 bits per heavy atom. The predicted octanol–water partition coefficient (Wildman–Crippen LogP) is 5.43. The van der Waals surface area contributed by atoms with E-state index in [4.69, 9.17) is 23.2 Å². The number of aromatic nitrogens is 2. The molecular formula is C24H19Cl2N3O3S. The van der Waals surface area contributed by atoms with Crippen LogP contribution < -0.4 is 4.72 Å². The molecule has 33 heavy (non-hydrogen) atoms. The van der Waals surface area contributed by atoms with Crippen LogP contribution in [-0.4, -0.2) is 24.1 Å². The first kappa shape index (κ1) is 23.0. The summed E-state index contributed by atoms with van der Waals surface area (Å²) < 4.78 is 28.5. The number of nitrogens with zero attached hydrogens (tertiary/aromatic N) is 2.